The normalized spacial score (nSPS) is 9.47. The summed E-state index contributed by atoms with van der Waals surface area (Å²) in [6.45, 7) is 0. The third-order valence-corrected chi connectivity index (χ3v) is 1.78. The maximum absolute atomic E-state index is 13.2. The molecule has 0 unspecified atom stereocenters. The summed E-state index contributed by atoms with van der Waals surface area (Å²) >= 11 is 0. The molecule has 0 fully saturated rings. The minimum Gasteiger partial charge on any atom is -0.267 e. The first kappa shape index (κ1) is 12.0. The van der Waals surface area contributed by atoms with Gasteiger partial charge in [0, 0.05) is 25.8 Å². The number of rotatable bonds is 1. The zero-order chi connectivity index (χ0) is 9.97. The molecule has 0 saturated heterocycles. The Balaban J connectivity index is 0.00000112. The quantitative estimate of drug-likeness (QED) is 0.546. The van der Waals surface area contributed by atoms with Gasteiger partial charge in [-0.3, -0.25) is 4.98 Å². The van der Waals surface area contributed by atoms with Gasteiger partial charge in [0.2, 0.25) is 5.95 Å². The monoisotopic (exact) mass is 383 g/mol. The van der Waals surface area contributed by atoms with Gasteiger partial charge in [0.25, 0.3) is 0 Å². The molecule has 79 valence electrons. The van der Waals surface area contributed by atoms with E-state index in [4.69, 9.17) is 0 Å². The first-order valence-electron chi connectivity index (χ1n) is 4.06. The predicted molar refractivity (Wildman–Crippen MR) is 48.4 cm³/mol. The Bertz CT molecular complexity index is 446. The molecule has 4 heteroatoms. The second-order valence-corrected chi connectivity index (χ2v) is 2.74. The number of nitrogens with zero attached hydrogens (tertiary/aromatic N) is 1. The van der Waals surface area contributed by atoms with Crippen molar-refractivity contribution in [1.82, 2.24) is 4.98 Å². The Morgan fingerprint density at radius 3 is 2.53 bits per heavy atom. The van der Waals surface area contributed by atoms with Gasteiger partial charge < -0.3 is 0 Å². The minimum absolute atomic E-state index is 0. The van der Waals surface area contributed by atoms with Crippen molar-refractivity contribution < 1.29 is 28.9 Å². The molecule has 1 radical (unpaired) electrons. The molecule has 0 aliphatic carbocycles. The van der Waals surface area contributed by atoms with Gasteiger partial charge in [-0.25, -0.2) is 4.39 Å². The Morgan fingerprint density at radius 2 is 1.87 bits per heavy atom. The summed E-state index contributed by atoms with van der Waals surface area (Å²) in [5.74, 6) is -1.24. The van der Waals surface area contributed by atoms with Gasteiger partial charge in [-0.1, -0.05) is 0 Å². The molecule has 1 nitrogen and oxygen atoms in total. The van der Waals surface area contributed by atoms with E-state index < -0.39 is 11.8 Å². The van der Waals surface area contributed by atoms with Crippen LogP contribution in [0.25, 0.3) is 11.3 Å². The molecule has 2 aromatic rings. The fourth-order valence-corrected chi connectivity index (χ4v) is 1.15. The molecule has 0 amide bonds. The van der Waals surface area contributed by atoms with E-state index in [2.05, 4.69) is 11.1 Å². The molecule has 1 aromatic carbocycles. The second-order valence-electron chi connectivity index (χ2n) is 2.74. The van der Waals surface area contributed by atoms with Gasteiger partial charge in [-0.15, -0.1) is 35.9 Å². The summed E-state index contributed by atoms with van der Waals surface area (Å²) in [5.41, 5.74) is 0.440. The van der Waals surface area contributed by atoms with E-state index in [0.717, 1.165) is 12.1 Å². The Labute approximate surface area is 99.5 Å². The van der Waals surface area contributed by atoms with Gasteiger partial charge in [-0.05, 0) is 12.1 Å². The van der Waals surface area contributed by atoms with E-state index in [1.807, 2.05) is 0 Å². The summed E-state index contributed by atoms with van der Waals surface area (Å²) in [4.78, 5) is 3.47. The van der Waals surface area contributed by atoms with Crippen LogP contribution in [0, 0.1) is 17.8 Å². The van der Waals surface area contributed by atoms with Crippen molar-refractivity contribution in [2.24, 2.45) is 0 Å². The van der Waals surface area contributed by atoms with Gasteiger partial charge in [0.15, 0.2) is 0 Å². The smallest absolute Gasteiger partial charge is 0.204 e. The van der Waals surface area contributed by atoms with Crippen LogP contribution in [0.1, 0.15) is 0 Å². The second kappa shape index (κ2) is 5.10. The molecule has 1 heterocycles. The molecule has 0 N–H and O–H groups in total. The Morgan fingerprint density at radius 1 is 1.07 bits per heavy atom. The van der Waals surface area contributed by atoms with Crippen LogP contribution in [-0.4, -0.2) is 4.98 Å². The van der Waals surface area contributed by atoms with Crippen LogP contribution in [0.3, 0.4) is 0 Å². The summed E-state index contributed by atoms with van der Waals surface area (Å²) in [6, 6.07) is 11.6. The largest absolute Gasteiger partial charge is 0.267 e. The van der Waals surface area contributed by atoms with Crippen molar-refractivity contribution >= 4 is 0 Å². The summed E-state index contributed by atoms with van der Waals surface area (Å²) in [7, 11) is 0. The van der Waals surface area contributed by atoms with Crippen LogP contribution in [-0.2, 0) is 20.1 Å². The number of hydrogen-bond acceptors (Lipinski definition) is 1. The molecule has 1 aromatic heterocycles. The number of pyridine rings is 1. The number of hydrogen-bond donors (Lipinski definition) is 0. The number of benzene rings is 1. The zero-order valence-electron chi connectivity index (χ0n) is 7.50. The van der Waals surface area contributed by atoms with Gasteiger partial charge in [0.05, 0.1) is 0 Å². The molecule has 0 aliphatic rings. The van der Waals surface area contributed by atoms with Crippen molar-refractivity contribution in [3.05, 3.63) is 54.2 Å². The van der Waals surface area contributed by atoms with Crippen molar-refractivity contribution in [2.75, 3.05) is 0 Å². The molecule has 0 saturated carbocycles. The standard InChI is InChI=1S/C11H6F2N.Ir/c12-9-6-7-10(13)14-11(9)8-4-2-1-3-5-8;/h1-4,6-7H;/q-1;. The minimum atomic E-state index is -0.696. The van der Waals surface area contributed by atoms with E-state index in [-0.39, 0.29) is 25.8 Å². The van der Waals surface area contributed by atoms with Crippen molar-refractivity contribution in [2.45, 2.75) is 0 Å². The SMILES string of the molecule is Fc1ccc(F)c(-c2[c-]cccc2)n1.[Ir]. The van der Waals surface area contributed by atoms with E-state index in [9.17, 15) is 8.78 Å². The Hall–Kier alpha value is -1.12. The van der Waals surface area contributed by atoms with Crippen molar-refractivity contribution in [1.29, 1.82) is 0 Å². The van der Waals surface area contributed by atoms with Crippen molar-refractivity contribution in [3.63, 3.8) is 0 Å². The van der Waals surface area contributed by atoms with Crippen LogP contribution >= 0.6 is 0 Å². The predicted octanol–water partition coefficient (Wildman–Crippen LogP) is 2.82. The van der Waals surface area contributed by atoms with E-state index in [1.165, 1.54) is 0 Å². The molecule has 0 bridgehead atoms. The molecule has 0 spiro atoms. The number of halogens is 2. The van der Waals surface area contributed by atoms with E-state index in [0.29, 0.717) is 5.56 Å². The van der Waals surface area contributed by atoms with Gasteiger partial charge >= 0.3 is 0 Å². The fourth-order valence-electron chi connectivity index (χ4n) is 1.15. The maximum atomic E-state index is 13.2. The van der Waals surface area contributed by atoms with Crippen LogP contribution in [0.5, 0.6) is 0 Å². The summed E-state index contributed by atoms with van der Waals surface area (Å²) in [6.07, 6.45) is 0. The average Bonchev–Trinajstić information content (AvgIpc) is 2.23. The molecule has 0 atom stereocenters. The number of aromatic nitrogens is 1. The van der Waals surface area contributed by atoms with Crippen LogP contribution < -0.4 is 0 Å². The van der Waals surface area contributed by atoms with Crippen molar-refractivity contribution in [3.8, 4) is 11.3 Å². The van der Waals surface area contributed by atoms with Crippen LogP contribution in [0.2, 0.25) is 0 Å². The molecule has 0 aliphatic heterocycles. The van der Waals surface area contributed by atoms with Crippen LogP contribution in [0.4, 0.5) is 8.78 Å². The molecular weight excluding hydrogens is 376 g/mol. The van der Waals surface area contributed by atoms with Gasteiger partial charge in [-0.2, -0.15) is 4.39 Å². The molecule has 2 rings (SSSR count). The summed E-state index contributed by atoms with van der Waals surface area (Å²) < 4.78 is 25.9. The third kappa shape index (κ3) is 2.67. The fraction of sp³-hybridized carbons (Fsp3) is 0. The molecule has 15 heavy (non-hydrogen) atoms. The average molecular weight is 382 g/mol. The maximum Gasteiger partial charge on any atom is 0.204 e. The first-order chi connectivity index (χ1) is 6.77. The first-order valence-corrected chi connectivity index (χ1v) is 4.06. The Kier molecular flexibility index (Phi) is 4.06. The zero-order valence-corrected chi connectivity index (χ0v) is 9.90. The third-order valence-electron chi connectivity index (χ3n) is 1.78. The van der Waals surface area contributed by atoms with E-state index >= 15 is 0 Å². The summed E-state index contributed by atoms with van der Waals surface area (Å²) in [5, 5.41) is 0. The topological polar surface area (TPSA) is 12.9 Å². The molecular formula is C11H6F2IrN-. The van der Waals surface area contributed by atoms with E-state index in [1.54, 1.807) is 24.3 Å². The van der Waals surface area contributed by atoms with Crippen LogP contribution in [0.15, 0.2) is 36.4 Å². The van der Waals surface area contributed by atoms with Gasteiger partial charge in [0.1, 0.15) is 5.82 Å².